The maximum absolute atomic E-state index is 15.8. The molecule has 3 aliphatic rings. The number of cyclic esters (lactones) is 1. The van der Waals surface area contributed by atoms with E-state index in [0.717, 1.165) is 12.0 Å². The maximum Gasteiger partial charge on any atom is 0.329 e. The van der Waals surface area contributed by atoms with Gasteiger partial charge in [-0.25, -0.2) is 19.3 Å². The Kier molecular flexibility index (Phi) is 10.8. The number of anilines is 1. The van der Waals surface area contributed by atoms with Crippen molar-refractivity contribution in [2.24, 2.45) is 17.6 Å². The molecule has 0 radical (unpaired) electrons. The van der Waals surface area contributed by atoms with E-state index in [9.17, 15) is 34.2 Å². The number of carbonyl (C=O) groups excluding carboxylic acids is 5. The first kappa shape index (κ1) is 40.0. The molecular formula is C44H41N5O10. The molecule has 0 aliphatic carbocycles. The summed E-state index contributed by atoms with van der Waals surface area (Å²) in [7, 11) is 1.16. The molecule has 15 heteroatoms. The predicted octanol–water partition coefficient (Wildman–Crippen LogP) is 4.07. The number of carbonyl (C=O) groups is 6. The number of primary amides is 1. The van der Waals surface area contributed by atoms with Gasteiger partial charge in [0.1, 0.15) is 35.3 Å². The lowest BCUT2D eigenvalue weighted by molar-refractivity contribution is -0.179. The molecule has 7 atom stereocenters. The Balaban J connectivity index is 1.54. The summed E-state index contributed by atoms with van der Waals surface area (Å²) >= 11 is 0. The fourth-order valence-corrected chi connectivity index (χ4v) is 8.72. The highest BCUT2D eigenvalue weighted by molar-refractivity contribution is 6.24. The summed E-state index contributed by atoms with van der Waals surface area (Å²) in [5, 5.41) is 26.9. The summed E-state index contributed by atoms with van der Waals surface area (Å²) in [6, 6.07) is 21.5. The van der Waals surface area contributed by atoms with Crippen LogP contribution >= 0.6 is 0 Å². The predicted molar refractivity (Wildman–Crippen MR) is 211 cm³/mol. The number of phenols is 1. The second-order valence-corrected chi connectivity index (χ2v) is 14.8. The minimum absolute atomic E-state index is 0.0141. The van der Waals surface area contributed by atoms with Crippen molar-refractivity contribution in [2.45, 2.75) is 49.5 Å². The van der Waals surface area contributed by atoms with Gasteiger partial charge in [0, 0.05) is 5.56 Å². The number of hydrogen-bond donors (Lipinski definition) is 5. The summed E-state index contributed by atoms with van der Waals surface area (Å²) in [4.78, 5) is 85.9. The largest absolute Gasteiger partial charge is 0.508 e. The van der Waals surface area contributed by atoms with Crippen LogP contribution in [0.1, 0.15) is 59.9 Å². The summed E-state index contributed by atoms with van der Waals surface area (Å²) in [6.07, 6.45) is -0.997. The number of fused-ring (bicyclic) bond motifs is 3. The van der Waals surface area contributed by atoms with Crippen LogP contribution in [0.3, 0.4) is 0 Å². The second-order valence-electron chi connectivity index (χ2n) is 14.8. The van der Waals surface area contributed by atoms with E-state index < -0.39 is 83.4 Å². The van der Waals surface area contributed by atoms with Gasteiger partial charge in [-0.2, -0.15) is 0 Å². The molecule has 2 fully saturated rings. The van der Waals surface area contributed by atoms with Crippen LogP contribution in [-0.4, -0.2) is 76.7 Å². The van der Waals surface area contributed by atoms with E-state index in [0.29, 0.717) is 16.7 Å². The minimum Gasteiger partial charge on any atom is -0.508 e. The van der Waals surface area contributed by atoms with Gasteiger partial charge in [-0.3, -0.25) is 19.3 Å². The van der Waals surface area contributed by atoms with Crippen LogP contribution in [-0.2, 0) is 34.1 Å². The van der Waals surface area contributed by atoms with Gasteiger partial charge in [0.15, 0.2) is 0 Å². The highest BCUT2D eigenvalue weighted by Gasteiger charge is 2.76. The number of aliphatic carboxylic acids is 1. The number of carboxylic acids is 1. The lowest BCUT2D eigenvalue weighted by atomic mass is 9.65. The van der Waals surface area contributed by atoms with E-state index in [4.69, 9.17) is 15.2 Å². The molecule has 59 heavy (non-hydrogen) atoms. The average molecular weight is 800 g/mol. The Labute approximate surface area is 339 Å². The molecule has 302 valence electrons. The number of nitrogens with one attached hydrogen (secondary N) is 2. The van der Waals surface area contributed by atoms with Gasteiger partial charge in [-0.05, 0) is 58.5 Å². The van der Waals surface area contributed by atoms with Crippen molar-refractivity contribution in [3.63, 3.8) is 0 Å². The normalized spacial score (nSPS) is 23.7. The van der Waals surface area contributed by atoms with Gasteiger partial charge >= 0.3 is 30.0 Å². The van der Waals surface area contributed by atoms with Crippen LogP contribution in [0.25, 0.3) is 0 Å². The lowest BCUT2D eigenvalue weighted by Crippen LogP contribution is -2.56. The summed E-state index contributed by atoms with van der Waals surface area (Å²) < 4.78 is 11.2. The molecule has 4 aromatic rings. The number of morpholine rings is 1. The Morgan fingerprint density at radius 1 is 0.898 bits per heavy atom. The van der Waals surface area contributed by atoms with E-state index in [2.05, 4.69) is 22.5 Å². The van der Waals surface area contributed by atoms with Gasteiger partial charge in [-0.1, -0.05) is 98.5 Å². The number of nitrogens with two attached hydrogens (primary N) is 1. The number of benzene rings is 4. The number of ether oxygens (including phenoxy) is 2. The highest BCUT2D eigenvalue weighted by atomic mass is 16.6. The fraction of sp³-hybridized carbons (Fsp3) is 0.273. The van der Waals surface area contributed by atoms with E-state index in [1.807, 2.05) is 18.2 Å². The third kappa shape index (κ3) is 6.87. The van der Waals surface area contributed by atoms with Crippen molar-refractivity contribution in [3.8, 4) is 17.6 Å². The summed E-state index contributed by atoms with van der Waals surface area (Å²) in [6.45, 7) is 3.22. The number of imide groups is 1. The van der Waals surface area contributed by atoms with E-state index in [-0.39, 0.29) is 29.1 Å². The zero-order valence-electron chi connectivity index (χ0n) is 32.2. The quantitative estimate of drug-likeness (QED) is 0.126. The lowest BCUT2D eigenvalue weighted by Gasteiger charge is -2.46. The Morgan fingerprint density at radius 3 is 2.14 bits per heavy atom. The molecule has 5 amide bonds. The Morgan fingerprint density at radius 2 is 1.54 bits per heavy atom. The first-order chi connectivity index (χ1) is 28.3. The number of esters is 2. The topological polar surface area (TPSA) is 218 Å². The zero-order valence-corrected chi connectivity index (χ0v) is 32.2. The molecule has 7 rings (SSSR count). The molecule has 0 saturated carbocycles. The summed E-state index contributed by atoms with van der Waals surface area (Å²) in [5.74, 6) is -0.999. The molecule has 0 bridgehead atoms. The molecule has 6 N–H and O–H groups in total. The number of phenolic OH excluding ortho intramolecular Hbond substituents is 1. The highest BCUT2D eigenvalue weighted by Crippen LogP contribution is 2.65. The van der Waals surface area contributed by atoms with Crippen LogP contribution in [0.2, 0.25) is 0 Å². The maximum atomic E-state index is 15.8. The van der Waals surface area contributed by atoms with Gasteiger partial charge in [0.05, 0.1) is 31.4 Å². The molecule has 1 spiro atoms. The molecule has 15 nitrogen and oxygen atoms in total. The molecule has 3 heterocycles. The number of amides is 5. The number of methoxy groups -OCH3 is 1. The molecular weight excluding hydrogens is 759 g/mol. The van der Waals surface area contributed by atoms with E-state index in [1.54, 1.807) is 73.3 Å². The van der Waals surface area contributed by atoms with Crippen molar-refractivity contribution in [1.82, 2.24) is 15.5 Å². The second kappa shape index (κ2) is 16.0. The monoisotopic (exact) mass is 799 g/mol. The number of urea groups is 2. The Bertz CT molecular complexity index is 2380. The third-order valence-corrected chi connectivity index (χ3v) is 11.1. The molecule has 4 aromatic carbocycles. The first-order valence-corrected chi connectivity index (χ1v) is 18.8. The molecule has 0 unspecified atom stereocenters. The zero-order chi connectivity index (χ0) is 42.2. The van der Waals surface area contributed by atoms with Crippen molar-refractivity contribution in [2.75, 3.05) is 18.6 Å². The van der Waals surface area contributed by atoms with Gasteiger partial charge in [0.2, 0.25) is 5.91 Å². The van der Waals surface area contributed by atoms with Crippen molar-refractivity contribution < 1.29 is 48.5 Å². The number of rotatable bonds is 8. The number of nitrogens with zero attached hydrogens (tertiary/aromatic N) is 2. The molecule has 2 saturated heterocycles. The van der Waals surface area contributed by atoms with Crippen LogP contribution in [0, 0.1) is 23.7 Å². The van der Waals surface area contributed by atoms with Crippen molar-refractivity contribution >= 4 is 41.6 Å². The molecule has 0 aromatic heterocycles. The fourth-order valence-electron chi connectivity index (χ4n) is 8.72. The first-order valence-electron chi connectivity index (χ1n) is 18.8. The summed E-state index contributed by atoms with van der Waals surface area (Å²) in [5.41, 5.74) is 4.87. The van der Waals surface area contributed by atoms with Crippen LogP contribution in [0.15, 0.2) is 103 Å². The third-order valence-electron chi connectivity index (χ3n) is 11.1. The van der Waals surface area contributed by atoms with E-state index >= 15 is 4.79 Å². The van der Waals surface area contributed by atoms with Crippen LogP contribution in [0.5, 0.6) is 5.75 Å². The van der Waals surface area contributed by atoms with Gasteiger partial charge in [0.25, 0.3) is 0 Å². The van der Waals surface area contributed by atoms with Gasteiger partial charge < -0.3 is 36.1 Å². The van der Waals surface area contributed by atoms with Crippen LogP contribution < -0.4 is 21.3 Å². The number of hydrogen-bond acceptors (Lipinski definition) is 10. The standard InChI is InChI=1S/C44H41N5O10/c1-24(2)33(39(53)58-3)47-43(57)48-31-21-16-25(11-10-22-46-42(45)56)23-30(31)44(41(48)55)32(38(51)52)35-40(54)59-36(27-14-8-5-9-15-27)34(26-12-6-4-7-13-26)49(35)37(44)28-17-19-29(50)20-18-28/h4-9,12-21,23-24,32-37,50H,22H2,1-3H3,(H,47,57)(H,51,52)(H3,45,46,56)/t32-,33+,34-,35-,36+,37+,44-/m1/s1. The minimum atomic E-state index is -2.26. The Hall–Kier alpha value is -7.18. The number of carboxylic acid groups (broad SMARTS) is 1. The van der Waals surface area contributed by atoms with Crippen molar-refractivity contribution in [3.05, 3.63) is 131 Å². The van der Waals surface area contributed by atoms with Crippen LogP contribution in [0.4, 0.5) is 15.3 Å². The average Bonchev–Trinajstić information content (AvgIpc) is 3.68. The SMILES string of the molecule is COC(=O)[C@@H](NC(=O)N1C(=O)[C@@]2(c3cc(C#CCNC(N)=O)ccc31)[C@H](c1ccc(O)cc1)N1[C@H](c3ccccc3)[C@H](c3ccccc3)OC(=O)[C@H]1[C@@H]2C(=O)O)C(C)C. The van der Waals surface area contributed by atoms with Crippen molar-refractivity contribution in [1.29, 1.82) is 0 Å². The van der Waals surface area contributed by atoms with E-state index in [1.165, 1.54) is 30.3 Å². The smallest absolute Gasteiger partial charge is 0.329 e. The van der Waals surface area contributed by atoms with Gasteiger partial charge in [-0.15, -0.1) is 0 Å². The number of aromatic hydroxyl groups is 1. The molecule has 3 aliphatic heterocycles.